The first kappa shape index (κ1) is 15.0. The van der Waals surface area contributed by atoms with Crippen LogP contribution in [0.15, 0.2) is 10.9 Å². The second-order valence-electron chi connectivity index (χ2n) is 6.79. The van der Waals surface area contributed by atoms with Crippen molar-refractivity contribution in [2.75, 3.05) is 31.1 Å². The van der Waals surface area contributed by atoms with Crippen LogP contribution in [0.1, 0.15) is 46.4 Å². The SMILES string of the molecule is CC(C)c1nc(N2CCN(C(C)(C)C)CC2)cc(=O)[nH]1. The molecule has 20 heavy (non-hydrogen) atoms. The van der Waals surface area contributed by atoms with Gasteiger partial charge in [-0.05, 0) is 20.8 Å². The van der Waals surface area contributed by atoms with Crippen molar-refractivity contribution >= 4 is 5.82 Å². The van der Waals surface area contributed by atoms with Crippen LogP contribution in [0, 0.1) is 0 Å². The lowest BCUT2D eigenvalue weighted by atomic mass is 10.1. The van der Waals surface area contributed by atoms with Gasteiger partial charge in [0.1, 0.15) is 11.6 Å². The van der Waals surface area contributed by atoms with Crippen LogP contribution in [0.3, 0.4) is 0 Å². The van der Waals surface area contributed by atoms with E-state index in [9.17, 15) is 4.79 Å². The number of nitrogens with zero attached hydrogens (tertiary/aromatic N) is 3. The maximum absolute atomic E-state index is 11.7. The van der Waals surface area contributed by atoms with Crippen LogP contribution in [-0.2, 0) is 0 Å². The van der Waals surface area contributed by atoms with Crippen molar-refractivity contribution in [2.24, 2.45) is 0 Å². The molecule has 0 atom stereocenters. The van der Waals surface area contributed by atoms with Crippen LogP contribution in [0.4, 0.5) is 5.82 Å². The zero-order valence-electron chi connectivity index (χ0n) is 13.2. The van der Waals surface area contributed by atoms with E-state index in [-0.39, 0.29) is 17.0 Å². The van der Waals surface area contributed by atoms with E-state index in [0.717, 1.165) is 37.8 Å². The predicted octanol–water partition coefficient (Wildman–Crippen LogP) is 1.81. The molecule has 0 saturated carbocycles. The summed E-state index contributed by atoms with van der Waals surface area (Å²) in [6, 6.07) is 1.61. The minimum absolute atomic E-state index is 0.0584. The first-order valence-electron chi connectivity index (χ1n) is 7.38. The summed E-state index contributed by atoms with van der Waals surface area (Å²) < 4.78 is 0. The molecule has 1 aliphatic rings. The maximum atomic E-state index is 11.7. The molecular formula is C15H26N4O. The number of piperazine rings is 1. The summed E-state index contributed by atoms with van der Waals surface area (Å²) in [5, 5.41) is 0. The zero-order valence-corrected chi connectivity index (χ0v) is 13.2. The Morgan fingerprint density at radius 2 is 1.80 bits per heavy atom. The molecule has 112 valence electrons. The van der Waals surface area contributed by atoms with Crippen LogP contribution in [0.25, 0.3) is 0 Å². The highest BCUT2D eigenvalue weighted by atomic mass is 16.1. The molecule has 2 heterocycles. The standard InChI is InChI=1S/C15H26N4O/c1-11(2)14-16-12(10-13(20)17-14)18-6-8-19(9-7-18)15(3,4)5/h10-11H,6-9H2,1-5H3,(H,16,17,20). The first-order valence-corrected chi connectivity index (χ1v) is 7.38. The van der Waals surface area contributed by atoms with Crippen molar-refractivity contribution in [2.45, 2.75) is 46.1 Å². The molecule has 5 nitrogen and oxygen atoms in total. The van der Waals surface area contributed by atoms with E-state index in [0.29, 0.717) is 0 Å². The normalized spacial score (nSPS) is 17.8. The average molecular weight is 278 g/mol. The van der Waals surface area contributed by atoms with Gasteiger partial charge in [-0.25, -0.2) is 4.98 Å². The highest BCUT2D eigenvalue weighted by molar-refractivity contribution is 5.38. The van der Waals surface area contributed by atoms with E-state index >= 15 is 0 Å². The Hall–Kier alpha value is -1.36. The minimum Gasteiger partial charge on any atom is -0.354 e. The van der Waals surface area contributed by atoms with E-state index < -0.39 is 0 Å². The van der Waals surface area contributed by atoms with Crippen molar-refractivity contribution in [3.8, 4) is 0 Å². The van der Waals surface area contributed by atoms with Crippen LogP contribution < -0.4 is 10.5 Å². The predicted molar refractivity (Wildman–Crippen MR) is 82.5 cm³/mol. The van der Waals surface area contributed by atoms with E-state index in [1.807, 2.05) is 13.8 Å². The quantitative estimate of drug-likeness (QED) is 0.896. The Kier molecular flexibility index (Phi) is 4.18. The van der Waals surface area contributed by atoms with Crippen LogP contribution in [0.2, 0.25) is 0 Å². The summed E-state index contributed by atoms with van der Waals surface area (Å²) in [7, 11) is 0. The molecule has 1 fully saturated rings. The van der Waals surface area contributed by atoms with Gasteiger partial charge in [0, 0.05) is 43.7 Å². The van der Waals surface area contributed by atoms with Crippen LogP contribution in [-0.4, -0.2) is 46.6 Å². The molecular weight excluding hydrogens is 252 g/mol. The lowest BCUT2D eigenvalue weighted by molar-refractivity contribution is 0.128. The first-order chi connectivity index (χ1) is 9.27. The van der Waals surface area contributed by atoms with Gasteiger partial charge in [-0.15, -0.1) is 0 Å². The molecule has 1 aromatic rings. The number of anilines is 1. The van der Waals surface area contributed by atoms with Gasteiger partial charge in [-0.3, -0.25) is 9.69 Å². The monoisotopic (exact) mass is 278 g/mol. The van der Waals surface area contributed by atoms with Gasteiger partial charge >= 0.3 is 0 Å². The van der Waals surface area contributed by atoms with E-state index in [4.69, 9.17) is 0 Å². The largest absolute Gasteiger partial charge is 0.354 e. The molecule has 0 radical (unpaired) electrons. The van der Waals surface area contributed by atoms with Gasteiger partial charge in [0.05, 0.1) is 0 Å². The Balaban J connectivity index is 2.13. The number of rotatable bonds is 2. The molecule has 1 aromatic heterocycles. The molecule has 2 rings (SSSR count). The van der Waals surface area contributed by atoms with E-state index in [2.05, 4.69) is 40.5 Å². The lowest BCUT2D eigenvalue weighted by Crippen LogP contribution is -2.53. The molecule has 0 bridgehead atoms. The fraction of sp³-hybridized carbons (Fsp3) is 0.733. The summed E-state index contributed by atoms with van der Waals surface area (Å²) in [6.45, 7) is 14.7. The van der Waals surface area contributed by atoms with Crippen molar-refractivity contribution in [3.05, 3.63) is 22.2 Å². The fourth-order valence-electron chi connectivity index (χ4n) is 2.51. The Labute approximate surface area is 121 Å². The second-order valence-corrected chi connectivity index (χ2v) is 6.79. The van der Waals surface area contributed by atoms with Gasteiger partial charge in [0.2, 0.25) is 0 Å². The zero-order chi connectivity index (χ0) is 14.9. The molecule has 1 N–H and O–H groups in total. The Bertz CT molecular complexity index is 507. The molecule has 0 aliphatic carbocycles. The molecule has 0 aromatic carbocycles. The molecule has 1 saturated heterocycles. The van der Waals surface area contributed by atoms with Gasteiger partial charge in [0.15, 0.2) is 0 Å². The average Bonchev–Trinajstić information content (AvgIpc) is 2.37. The lowest BCUT2D eigenvalue weighted by Gasteiger charge is -2.42. The van der Waals surface area contributed by atoms with Gasteiger partial charge < -0.3 is 9.88 Å². The third-order valence-electron chi connectivity index (χ3n) is 3.85. The van der Waals surface area contributed by atoms with Crippen LogP contribution >= 0.6 is 0 Å². The number of nitrogens with one attached hydrogen (secondary N) is 1. The Morgan fingerprint density at radius 3 is 2.30 bits per heavy atom. The molecule has 0 spiro atoms. The van der Waals surface area contributed by atoms with E-state index in [1.54, 1.807) is 6.07 Å². The number of hydrogen-bond acceptors (Lipinski definition) is 4. The summed E-state index contributed by atoms with van der Waals surface area (Å²) >= 11 is 0. The fourth-order valence-corrected chi connectivity index (χ4v) is 2.51. The summed E-state index contributed by atoms with van der Waals surface area (Å²) in [5.74, 6) is 1.82. The topological polar surface area (TPSA) is 52.2 Å². The van der Waals surface area contributed by atoms with Gasteiger partial charge in [-0.2, -0.15) is 0 Å². The number of aromatic amines is 1. The molecule has 5 heteroatoms. The Morgan fingerprint density at radius 1 is 1.20 bits per heavy atom. The minimum atomic E-state index is -0.0584. The third kappa shape index (κ3) is 3.39. The molecule has 0 amide bonds. The second kappa shape index (κ2) is 5.56. The van der Waals surface area contributed by atoms with Crippen molar-refractivity contribution in [1.29, 1.82) is 0 Å². The number of aromatic nitrogens is 2. The third-order valence-corrected chi connectivity index (χ3v) is 3.85. The van der Waals surface area contributed by atoms with Gasteiger partial charge in [0.25, 0.3) is 5.56 Å². The van der Waals surface area contributed by atoms with Crippen molar-refractivity contribution in [3.63, 3.8) is 0 Å². The number of hydrogen-bond donors (Lipinski definition) is 1. The highest BCUT2D eigenvalue weighted by Gasteiger charge is 2.26. The van der Waals surface area contributed by atoms with Crippen molar-refractivity contribution < 1.29 is 0 Å². The number of H-pyrrole nitrogens is 1. The summed E-state index contributed by atoms with van der Waals surface area (Å²) in [6.07, 6.45) is 0. The van der Waals surface area contributed by atoms with Crippen LogP contribution in [0.5, 0.6) is 0 Å². The summed E-state index contributed by atoms with van der Waals surface area (Å²) in [4.78, 5) is 23.8. The highest BCUT2D eigenvalue weighted by Crippen LogP contribution is 2.19. The van der Waals surface area contributed by atoms with Crippen molar-refractivity contribution in [1.82, 2.24) is 14.9 Å². The maximum Gasteiger partial charge on any atom is 0.252 e. The molecule has 1 aliphatic heterocycles. The molecule has 0 unspecified atom stereocenters. The van der Waals surface area contributed by atoms with E-state index in [1.165, 1.54) is 0 Å². The van der Waals surface area contributed by atoms with Gasteiger partial charge in [-0.1, -0.05) is 13.8 Å². The smallest absolute Gasteiger partial charge is 0.252 e. The summed E-state index contributed by atoms with van der Waals surface area (Å²) in [5.41, 5.74) is 0.147.